The van der Waals surface area contributed by atoms with E-state index in [0.717, 1.165) is 32.1 Å². The maximum atomic E-state index is 14.3. The van der Waals surface area contributed by atoms with E-state index in [4.69, 9.17) is 6.42 Å². The zero-order valence-corrected chi connectivity index (χ0v) is 23.3. The average molecular weight is 478 g/mol. The van der Waals surface area contributed by atoms with Crippen LogP contribution >= 0.6 is 0 Å². The highest BCUT2D eigenvalue weighted by molar-refractivity contribution is 5.95. The van der Waals surface area contributed by atoms with Gasteiger partial charge in [0.1, 0.15) is 0 Å². The lowest BCUT2D eigenvalue weighted by Gasteiger charge is -2.70. The molecule has 2 unspecified atom stereocenters. The van der Waals surface area contributed by atoms with E-state index in [9.17, 15) is 9.59 Å². The van der Waals surface area contributed by atoms with E-state index in [0.29, 0.717) is 17.1 Å². The van der Waals surface area contributed by atoms with E-state index in [2.05, 4.69) is 65.9 Å². The van der Waals surface area contributed by atoms with E-state index >= 15 is 0 Å². The highest BCUT2D eigenvalue weighted by Crippen LogP contribution is 2.75. The van der Waals surface area contributed by atoms with Crippen molar-refractivity contribution in [1.82, 2.24) is 5.32 Å². The number of nitrogens with one attached hydrogen (secondary N) is 1. The lowest BCUT2D eigenvalue weighted by molar-refractivity contribution is -0.184. The van der Waals surface area contributed by atoms with Gasteiger partial charge in [-0.05, 0) is 103 Å². The average Bonchev–Trinajstić information content (AvgIpc) is 2.76. The van der Waals surface area contributed by atoms with E-state index in [1.807, 2.05) is 0 Å². The number of terminal acetylenes is 1. The molecule has 0 saturated heterocycles. The van der Waals surface area contributed by atoms with Crippen molar-refractivity contribution in [3.8, 4) is 12.5 Å². The number of rotatable bonds is 1. The molecule has 5 aliphatic carbocycles. The second kappa shape index (κ2) is 7.49. The Bertz CT molecular complexity index is 1030. The summed E-state index contributed by atoms with van der Waals surface area (Å²) in [6.45, 7) is 16.8. The van der Waals surface area contributed by atoms with Crippen molar-refractivity contribution in [3.63, 3.8) is 0 Å². The van der Waals surface area contributed by atoms with E-state index < -0.39 is 5.41 Å². The van der Waals surface area contributed by atoms with Crippen molar-refractivity contribution in [3.05, 3.63) is 11.6 Å². The number of amides is 1. The van der Waals surface area contributed by atoms with Gasteiger partial charge in [0.05, 0.1) is 0 Å². The molecule has 0 aromatic heterocycles. The van der Waals surface area contributed by atoms with Gasteiger partial charge in [0, 0.05) is 17.4 Å². The molecule has 35 heavy (non-hydrogen) atoms. The fraction of sp³-hybridized carbons (Fsp3) is 0.812. The largest absolute Gasteiger partial charge is 0.295 e. The van der Waals surface area contributed by atoms with Gasteiger partial charge in [-0.25, -0.2) is 0 Å². The first kappa shape index (κ1) is 25.1. The Hall–Kier alpha value is -1.56. The molecule has 1 amide bonds. The van der Waals surface area contributed by atoms with Gasteiger partial charge >= 0.3 is 0 Å². The van der Waals surface area contributed by atoms with Gasteiger partial charge in [-0.3, -0.25) is 14.9 Å². The van der Waals surface area contributed by atoms with Gasteiger partial charge in [-0.2, -0.15) is 0 Å². The molecular formula is C32H47NO2. The molecule has 3 nitrogen and oxygen atoms in total. The van der Waals surface area contributed by atoms with Crippen molar-refractivity contribution in [2.75, 3.05) is 0 Å². The second-order valence-corrected chi connectivity index (χ2v) is 15.2. The maximum absolute atomic E-state index is 14.3. The molecule has 0 heterocycles. The summed E-state index contributed by atoms with van der Waals surface area (Å²) >= 11 is 0. The van der Waals surface area contributed by atoms with Gasteiger partial charge in [0.15, 0.2) is 5.78 Å². The Morgan fingerprint density at radius 3 is 2.34 bits per heavy atom. The third kappa shape index (κ3) is 3.17. The second-order valence-electron chi connectivity index (χ2n) is 15.2. The molecule has 4 saturated carbocycles. The van der Waals surface area contributed by atoms with Gasteiger partial charge in [0.25, 0.3) is 0 Å². The van der Waals surface area contributed by atoms with Crippen LogP contribution in [-0.2, 0) is 9.59 Å². The first-order valence-corrected chi connectivity index (χ1v) is 14.2. The fourth-order valence-corrected chi connectivity index (χ4v) is 10.7. The van der Waals surface area contributed by atoms with E-state index in [1.165, 1.54) is 37.7 Å². The van der Waals surface area contributed by atoms with Gasteiger partial charge in [-0.1, -0.05) is 66.9 Å². The minimum atomic E-state index is -0.479. The number of allylic oxidation sites excluding steroid dienone is 2. The minimum absolute atomic E-state index is 0.00612. The normalized spacial score (nSPS) is 50.4. The first-order chi connectivity index (χ1) is 16.2. The fourth-order valence-electron chi connectivity index (χ4n) is 10.7. The van der Waals surface area contributed by atoms with Crippen LogP contribution in [0.4, 0.5) is 0 Å². The number of fused-ring (bicyclic) bond motifs is 7. The SMILES string of the molecule is C#CNC(=O)C1(C)CC[C@]2(C)CC[C@]3(C)C(=CC(=O)[C@@H]4[C@@]5(C)CCCC(C)(C)C5CC[C@]43C)[C@H]2C1. The molecule has 0 spiro atoms. The number of ketones is 1. The highest BCUT2D eigenvalue weighted by atomic mass is 16.2. The number of hydrogen-bond donors (Lipinski definition) is 1. The van der Waals surface area contributed by atoms with Gasteiger partial charge in [0.2, 0.25) is 5.91 Å². The Morgan fingerprint density at radius 2 is 1.66 bits per heavy atom. The quantitative estimate of drug-likeness (QED) is 0.324. The smallest absolute Gasteiger partial charge is 0.237 e. The Balaban J connectivity index is 1.60. The van der Waals surface area contributed by atoms with Crippen molar-refractivity contribution >= 4 is 11.7 Å². The van der Waals surface area contributed by atoms with E-state index in [-0.39, 0.29) is 39.4 Å². The highest BCUT2D eigenvalue weighted by Gasteiger charge is 2.69. The van der Waals surface area contributed by atoms with Crippen molar-refractivity contribution in [2.24, 2.45) is 50.2 Å². The molecule has 0 bridgehead atoms. The lowest BCUT2D eigenvalue weighted by Crippen LogP contribution is -2.65. The van der Waals surface area contributed by atoms with Crippen LogP contribution in [0.5, 0.6) is 0 Å². The molecule has 1 N–H and O–H groups in total. The monoisotopic (exact) mass is 477 g/mol. The molecule has 0 aromatic rings. The van der Waals surface area contributed by atoms with Crippen LogP contribution in [0.15, 0.2) is 11.6 Å². The molecule has 8 atom stereocenters. The molecule has 192 valence electrons. The first-order valence-electron chi connectivity index (χ1n) is 14.2. The molecular weight excluding hydrogens is 430 g/mol. The summed E-state index contributed by atoms with van der Waals surface area (Å²) in [5, 5.41) is 2.65. The zero-order chi connectivity index (χ0) is 25.7. The third-order valence-corrected chi connectivity index (χ3v) is 13.1. The van der Waals surface area contributed by atoms with Crippen LogP contribution in [0.1, 0.15) is 113 Å². The van der Waals surface area contributed by atoms with Gasteiger partial charge < -0.3 is 0 Å². The molecule has 0 aliphatic heterocycles. The standard InChI is InChI=1S/C32H47NO2/c1-9-33-26(35)29(5)16-15-28(4)17-18-31(7)21(22(28)20-29)19-23(34)25-30(6)13-10-12-27(2,3)24(30)11-14-32(25,31)8/h1,19,22,24-25H,10-18,20H2,2-8H3,(H,33,35)/t22-,24?,25-,28-,29?,30+,31-,32-/m1/s1. The lowest BCUT2D eigenvalue weighted by atomic mass is 9.33. The molecule has 0 radical (unpaired) electrons. The summed E-state index contributed by atoms with van der Waals surface area (Å²) in [4.78, 5) is 27.3. The molecule has 0 aromatic carbocycles. The number of carbonyl (C=O) groups is 2. The zero-order valence-electron chi connectivity index (χ0n) is 23.3. The summed E-state index contributed by atoms with van der Waals surface area (Å²) in [6.07, 6.45) is 18.6. The predicted octanol–water partition coefficient (Wildman–Crippen LogP) is 7.06. The third-order valence-electron chi connectivity index (χ3n) is 13.1. The maximum Gasteiger partial charge on any atom is 0.237 e. The van der Waals surface area contributed by atoms with Crippen LogP contribution in [-0.4, -0.2) is 11.7 Å². The summed E-state index contributed by atoms with van der Waals surface area (Å²) in [5.41, 5.74) is 1.40. The molecule has 5 rings (SSSR count). The van der Waals surface area contributed by atoms with Crippen molar-refractivity contribution < 1.29 is 9.59 Å². The van der Waals surface area contributed by atoms with Crippen LogP contribution < -0.4 is 5.32 Å². The van der Waals surface area contributed by atoms with Gasteiger partial charge in [-0.15, -0.1) is 0 Å². The summed E-state index contributed by atoms with van der Waals surface area (Å²) in [7, 11) is 0. The van der Waals surface area contributed by atoms with Crippen LogP contribution in [0.3, 0.4) is 0 Å². The van der Waals surface area contributed by atoms with Crippen LogP contribution in [0, 0.1) is 62.7 Å². The Kier molecular flexibility index (Phi) is 5.37. The molecule has 4 fully saturated rings. The molecule has 5 aliphatic rings. The van der Waals surface area contributed by atoms with Crippen molar-refractivity contribution in [1.29, 1.82) is 0 Å². The predicted molar refractivity (Wildman–Crippen MR) is 141 cm³/mol. The topological polar surface area (TPSA) is 46.2 Å². The minimum Gasteiger partial charge on any atom is -0.295 e. The van der Waals surface area contributed by atoms with Crippen molar-refractivity contribution in [2.45, 2.75) is 113 Å². The van der Waals surface area contributed by atoms with Crippen LogP contribution in [0.2, 0.25) is 0 Å². The summed E-state index contributed by atoms with van der Waals surface area (Å²) in [5.74, 6) is 1.33. The summed E-state index contributed by atoms with van der Waals surface area (Å²) < 4.78 is 0. The number of hydrogen-bond acceptors (Lipinski definition) is 2. The van der Waals surface area contributed by atoms with E-state index in [1.54, 1.807) is 0 Å². The number of carbonyl (C=O) groups excluding carboxylic acids is 2. The molecule has 3 heteroatoms. The Labute approximate surface area is 213 Å². The summed E-state index contributed by atoms with van der Waals surface area (Å²) in [6, 6.07) is 2.35. The van der Waals surface area contributed by atoms with Crippen LogP contribution in [0.25, 0.3) is 0 Å². The Morgan fingerprint density at radius 1 is 0.971 bits per heavy atom.